The van der Waals surface area contributed by atoms with Gasteiger partial charge in [-0.2, -0.15) is 4.31 Å². The van der Waals surface area contributed by atoms with E-state index in [1.807, 2.05) is 0 Å². The number of carbonyl (C=O) groups excluding carboxylic acids is 2. The Morgan fingerprint density at radius 3 is 2.32 bits per heavy atom. The summed E-state index contributed by atoms with van der Waals surface area (Å²) in [6, 6.07) is 2.35. The molecule has 0 radical (unpaired) electrons. The lowest BCUT2D eigenvalue weighted by atomic mass is 9.97. The summed E-state index contributed by atoms with van der Waals surface area (Å²) < 4.78 is 75.6. The highest BCUT2D eigenvalue weighted by Crippen LogP contribution is 2.25. The van der Waals surface area contributed by atoms with Gasteiger partial charge in [-0.25, -0.2) is 25.6 Å². The van der Waals surface area contributed by atoms with Gasteiger partial charge in [0.05, 0.1) is 16.4 Å². The van der Waals surface area contributed by atoms with E-state index in [0.29, 0.717) is 12.5 Å². The van der Waals surface area contributed by atoms with Gasteiger partial charge >= 0.3 is 0 Å². The van der Waals surface area contributed by atoms with Gasteiger partial charge < -0.3 is 0 Å². The molecule has 1 unspecified atom stereocenters. The lowest BCUT2D eigenvalue weighted by molar-refractivity contribution is -0.132. The van der Waals surface area contributed by atoms with Crippen molar-refractivity contribution in [1.82, 2.24) is 15.2 Å². The Kier molecular flexibility index (Phi) is 6.96. The molecule has 2 saturated heterocycles. The summed E-state index contributed by atoms with van der Waals surface area (Å²) in [6.07, 6.45) is 0.774. The van der Waals surface area contributed by atoms with Crippen LogP contribution in [0.25, 0.3) is 0 Å². The van der Waals surface area contributed by atoms with E-state index in [-0.39, 0.29) is 54.7 Å². The molecule has 2 N–H and O–H groups in total. The van der Waals surface area contributed by atoms with Gasteiger partial charge in [0.15, 0.2) is 21.5 Å². The Hall–Kier alpha value is -2.12. The van der Waals surface area contributed by atoms with Crippen molar-refractivity contribution >= 4 is 31.7 Å². The van der Waals surface area contributed by atoms with Crippen molar-refractivity contribution in [2.24, 2.45) is 11.8 Å². The van der Waals surface area contributed by atoms with Crippen LogP contribution in [0.3, 0.4) is 0 Å². The van der Waals surface area contributed by atoms with E-state index in [9.17, 15) is 35.2 Å². The number of nitrogens with one attached hydrogen (secondary N) is 2. The largest absolute Gasteiger partial charge is 0.273 e. The van der Waals surface area contributed by atoms with Crippen LogP contribution in [0.4, 0.5) is 8.78 Å². The van der Waals surface area contributed by atoms with Gasteiger partial charge in [0.1, 0.15) is 0 Å². The summed E-state index contributed by atoms with van der Waals surface area (Å²) >= 11 is 0. The van der Waals surface area contributed by atoms with Crippen molar-refractivity contribution in [2.45, 2.75) is 30.6 Å². The SMILES string of the molecule is O=C(CC1CCS(=O)(=O)C1)NNC(=O)C1CCN(S(=O)(=O)c2ccc(F)c(F)c2)CC1. The zero-order valence-electron chi connectivity index (χ0n) is 16.5. The Balaban J connectivity index is 1.47. The molecule has 0 spiro atoms. The Labute approximate surface area is 179 Å². The molecule has 1 atom stereocenters. The van der Waals surface area contributed by atoms with Crippen LogP contribution >= 0.6 is 0 Å². The highest BCUT2D eigenvalue weighted by molar-refractivity contribution is 7.91. The highest BCUT2D eigenvalue weighted by Gasteiger charge is 2.33. The van der Waals surface area contributed by atoms with Gasteiger partial charge in [-0.3, -0.25) is 20.4 Å². The van der Waals surface area contributed by atoms with Crippen molar-refractivity contribution < 1.29 is 35.2 Å². The number of hydrazine groups is 1. The lowest BCUT2D eigenvalue weighted by Crippen LogP contribution is -2.48. The molecule has 2 aliphatic rings. The average Bonchev–Trinajstić information content (AvgIpc) is 3.06. The molecule has 0 aromatic heterocycles. The number of piperidine rings is 1. The number of carbonyl (C=O) groups is 2. The van der Waals surface area contributed by atoms with E-state index < -0.39 is 49.2 Å². The van der Waals surface area contributed by atoms with Crippen LogP contribution in [-0.4, -0.2) is 57.6 Å². The first-order valence-corrected chi connectivity index (χ1v) is 13.0. The van der Waals surface area contributed by atoms with E-state index >= 15 is 0 Å². The fourth-order valence-electron chi connectivity index (χ4n) is 3.72. The molecule has 9 nitrogen and oxygen atoms in total. The smallest absolute Gasteiger partial charge is 0.243 e. The third-order valence-electron chi connectivity index (χ3n) is 5.48. The minimum absolute atomic E-state index is 0.00724. The van der Waals surface area contributed by atoms with Crippen LogP contribution < -0.4 is 10.9 Å². The van der Waals surface area contributed by atoms with Gasteiger partial charge in [-0.1, -0.05) is 0 Å². The highest BCUT2D eigenvalue weighted by atomic mass is 32.2. The zero-order valence-corrected chi connectivity index (χ0v) is 18.1. The molecular weight excluding hydrogens is 456 g/mol. The first-order chi connectivity index (χ1) is 14.5. The third kappa shape index (κ3) is 5.77. The first-order valence-electron chi connectivity index (χ1n) is 9.72. The maximum atomic E-state index is 13.4. The number of halogens is 2. The van der Waals surface area contributed by atoms with Crippen molar-refractivity contribution in [1.29, 1.82) is 0 Å². The second kappa shape index (κ2) is 9.17. The summed E-state index contributed by atoms with van der Waals surface area (Å²) in [7, 11) is -7.11. The monoisotopic (exact) mass is 479 g/mol. The standard InChI is InChI=1S/C18H23F2N3O6S2/c19-15-2-1-14(10-16(15)20)31(28,29)23-6-3-13(4-7-23)18(25)22-21-17(24)9-12-5-8-30(26,27)11-12/h1-2,10,12-13H,3-9,11H2,(H,21,24)(H,22,25). The number of amides is 2. The van der Waals surface area contributed by atoms with Crippen molar-refractivity contribution in [3.05, 3.63) is 29.8 Å². The summed E-state index contributed by atoms with van der Waals surface area (Å²) in [6.45, 7) is 0.0145. The molecule has 0 bridgehead atoms. The molecule has 2 amide bonds. The van der Waals surface area contributed by atoms with Crippen molar-refractivity contribution in [3.63, 3.8) is 0 Å². The number of benzene rings is 1. The van der Waals surface area contributed by atoms with Gasteiger partial charge in [0, 0.05) is 25.4 Å². The predicted molar refractivity (Wildman–Crippen MR) is 106 cm³/mol. The second-order valence-electron chi connectivity index (χ2n) is 7.76. The molecule has 31 heavy (non-hydrogen) atoms. The molecule has 172 valence electrons. The van der Waals surface area contributed by atoms with Crippen LogP contribution in [0.2, 0.25) is 0 Å². The van der Waals surface area contributed by atoms with E-state index in [1.54, 1.807) is 0 Å². The van der Waals surface area contributed by atoms with Crippen LogP contribution in [0.5, 0.6) is 0 Å². The topological polar surface area (TPSA) is 130 Å². The molecular formula is C18H23F2N3O6S2. The van der Waals surface area contributed by atoms with Gasteiger partial charge in [-0.05, 0) is 43.4 Å². The maximum absolute atomic E-state index is 13.4. The Bertz CT molecular complexity index is 1070. The summed E-state index contributed by atoms with van der Waals surface area (Å²) in [5, 5.41) is 0. The van der Waals surface area contributed by atoms with Crippen LogP contribution in [0, 0.1) is 23.5 Å². The average molecular weight is 480 g/mol. The number of hydrogen-bond donors (Lipinski definition) is 2. The molecule has 0 aliphatic carbocycles. The summed E-state index contributed by atoms with van der Waals surface area (Å²) in [4.78, 5) is 23.8. The van der Waals surface area contributed by atoms with E-state index in [0.717, 1.165) is 16.4 Å². The lowest BCUT2D eigenvalue weighted by Gasteiger charge is -2.30. The molecule has 2 fully saturated rings. The van der Waals surface area contributed by atoms with Crippen molar-refractivity contribution in [2.75, 3.05) is 24.6 Å². The molecule has 13 heteroatoms. The minimum atomic E-state index is -4.02. The predicted octanol–water partition coefficient (Wildman–Crippen LogP) is 0.338. The maximum Gasteiger partial charge on any atom is 0.243 e. The molecule has 0 saturated carbocycles. The minimum Gasteiger partial charge on any atom is -0.273 e. The number of nitrogens with zero attached hydrogens (tertiary/aromatic N) is 1. The van der Waals surface area contributed by atoms with Crippen LogP contribution in [0.1, 0.15) is 25.7 Å². The molecule has 2 aliphatic heterocycles. The van der Waals surface area contributed by atoms with E-state index in [2.05, 4.69) is 10.9 Å². The summed E-state index contributed by atoms with van der Waals surface area (Å²) in [5.74, 6) is -4.17. The zero-order chi connectivity index (χ0) is 22.8. The number of sulfonamides is 1. The molecule has 1 aromatic rings. The molecule has 2 heterocycles. The van der Waals surface area contributed by atoms with Crippen LogP contribution in [-0.2, 0) is 29.4 Å². The van der Waals surface area contributed by atoms with E-state index in [1.165, 1.54) is 0 Å². The number of rotatable bonds is 5. The molecule has 1 aromatic carbocycles. The first kappa shape index (κ1) is 23.5. The molecule has 3 rings (SSSR count). The van der Waals surface area contributed by atoms with Gasteiger partial charge in [0.2, 0.25) is 21.8 Å². The second-order valence-corrected chi connectivity index (χ2v) is 11.9. The fraction of sp³-hybridized carbons (Fsp3) is 0.556. The third-order valence-corrected chi connectivity index (χ3v) is 9.21. The summed E-state index contributed by atoms with van der Waals surface area (Å²) in [5.41, 5.74) is 4.57. The number of sulfone groups is 1. The fourth-order valence-corrected chi connectivity index (χ4v) is 7.07. The van der Waals surface area contributed by atoms with Gasteiger partial charge in [0.25, 0.3) is 0 Å². The Morgan fingerprint density at radius 1 is 1.06 bits per heavy atom. The quantitative estimate of drug-likeness (QED) is 0.586. The normalized spacial score (nSPS) is 22.2. The number of hydrogen-bond acceptors (Lipinski definition) is 6. The van der Waals surface area contributed by atoms with Crippen LogP contribution in [0.15, 0.2) is 23.1 Å². The van der Waals surface area contributed by atoms with E-state index in [4.69, 9.17) is 0 Å². The van der Waals surface area contributed by atoms with Crippen molar-refractivity contribution in [3.8, 4) is 0 Å². The van der Waals surface area contributed by atoms with Gasteiger partial charge in [-0.15, -0.1) is 0 Å². The Morgan fingerprint density at radius 2 is 1.74 bits per heavy atom.